The van der Waals surface area contributed by atoms with Gasteiger partial charge in [-0.25, -0.2) is 13.2 Å². The van der Waals surface area contributed by atoms with Crippen molar-refractivity contribution >= 4 is 22.0 Å². The molecule has 0 aliphatic heterocycles. The van der Waals surface area contributed by atoms with Crippen LogP contribution in [0.3, 0.4) is 0 Å². The molecule has 0 aliphatic rings. The van der Waals surface area contributed by atoms with E-state index in [1.807, 2.05) is 0 Å². The first-order valence-electron chi connectivity index (χ1n) is 6.03. The normalized spacial score (nSPS) is 15.2. The molecule has 0 N–H and O–H groups in total. The number of likely N-dealkylation sites (N-methyl/N-ethyl adjacent to an activating group) is 1. The van der Waals surface area contributed by atoms with Crippen molar-refractivity contribution in [3.63, 3.8) is 0 Å². The zero-order valence-electron chi connectivity index (χ0n) is 13.0. The van der Waals surface area contributed by atoms with Crippen molar-refractivity contribution in [3.8, 4) is 0 Å². The van der Waals surface area contributed by atoms with Crippen molar-refractivity contribution in [2.45, 2.75) is 24.1 Å². The molecule has 0 aromatic carbocycles. The van der Waals surface area contributed by atoms with E-state index < -0.39 is 51.4 Å². The minimum absolute atomic E-state index is 0.197. The fourth-order valence-corrected chi connectivity index (χ4v) is 1.37. The van der Waals surface area contributed by atoms with Crippen molar-refractivity contribution in [2.75, 3.05) is 20.7 Å². The number of rotatable bonds is 7. The second-order valence-electron chi connectivity index (χ2n) is 4.86. The number of alkyl halides is 5. The molecule has 0 aromatic heterocycles. The molecule has 14 heteroatoms. The Labute approximate surface area is 138 Å². The second kappa shape index (κ2) is 7.21. The first-order valence-corrected chi connectivity index (χ1v) is 7.44. The van der Waals surface area contributed by atoms with Crippen LogP contribution in [0.15, 0.2) is 12.2 Å². The molecular weight excluding hydrogens is 385 g/mol. The number of ether oxygens (including phenoxy) is 2. The van der Waals surface area contributed by atoms with Gasteiger partial charge in [0.15, 0.2) is 10.1 Å². The number of hydrogen-bond acceptors (Lipinski definition) is 7. The summed E-state index contributed by atoms with van der Waals surface area (Å²) in [6, 6.07) is 0. The number of esters is 1. The van der Waals surface area contributed by atoms with Gasteiger partial charge in [0, 0.05) is 19.7 Å². The Bertz CT molecular complexity index is 658. The number of carbonyl (C=O) groups excluding carboxylic acids is 2. The van der Waals surface area contributed by atoms with Crippen LogP contribution in [0.5, 0.6) is 0 Å². The highest BCUT2D eigenvalue weighted by atomic mass is 32.2. The zero-order valence-corrected chi connectivity index (χ0v) is 13.8. The van der Waals surface area contributed by atoms with Gasteiger partial charge < -0.3 is 18.9 Å². The summed E-state index contributed by atoms with van der Waals surface area (Å²) in [6.45, 7) is 1.15. The molecule has 146 valence electrons. The van der Waals surface area contributed by atoms with Crippen molar-refractivity contribution in [1.29, 1.82) is 0 Å². The lowest BCUT2D eigenvalue weighted by atomic mass is 10.2. The van der Waals surface area contributed by atoms with E-state index in [1.165, 1.54) is 0 Å². The Kier molecular flexibility index (Phi) is 6.69. The van der Waals surface area contributed by atoms with Crippen LogP contribution in [0.4, 0.5) is 22.0 Å². The van der Waals surface area contributed by atoms with Gasteiger partial charge in [0.05, 0.1) is 0 Å². The SMILES string of the molecule is C=C(C)C(=O)OC(OCC(F)(F)S(=O)(=O)[O-])(C(=O)N(C)C)C(F)(F)F. The Balaban J connectivity index is 6.16. The standard InChI is InChI=1S/C11H14F5NO7S/c1-6(2)7(18)24-10(11(14,15)16,8(19)17(3)4)23-5-9(12,13)25(20,21)22/h1,5H2,2-4H3,(H,20,21,22)/p-1. The molecule has 1 unspecified atom stereocenters. The first kappa shape index (κ1) is 23.2. The summed E-state index contributed by atoms with van der Waals surface area (Å²) in [5.74, 6) is -8.60. The van der Waals surface area contributed by atoms with E-state index in [0.29, 0.717) is 0 Å². The van der Waals surface area contributed by atoms with E-state index in [0.717, 1.165) is 21.0 Å². The van der Waals surface area contributed by atoms with Gasteiger partial charge in [0.2, 0.25) is 0 Å². The number of carbonyl (C=O) groups is 2. The average molecular weight is 398 g/mol. The van der Waals surface area contributed by atoms with E-state index in [2.05, 4.69) is 16.1 Å². The van der Waals surface area contributed by atoms with Crippen molar-refractivity contribution in [1.82, 2.24) is 4.90 Å². The van der Waals surface area contributed by atoms with Crippen LogP contribution in [-0.2, 0) is 29.2 Å². The fraction of sp³-hybridized carbons (Fsp3) is 0.636. The maximum absolute atomic E-state index is 13.3. The summed E-state index contributed by atoms with van der Waals surface area (Å²) in [5.41, 5.74) is -0.646. The van der Waals surface area contributed by atoms with E-state index in [1.54, 1.807) is 0 Å². The first-order chi connectivity index (χ1) is 10.9. The highest BCUT2D eigenvalue weighted by Gasteiger charge is 2.68. The lowest BCUT2D eigenvalue weighted by Gasteiger charge is -2.35. The van der Waals surface area contributed by atoms with Gasteiger partial charge in [-0.1, -0.05) is 6.58 Å². The van der Waals surface area contributed by atoms with Crippen LogP contribution in [-0.4, -0.2) is 67.7 Å². The van der Waals surface area contributed by atoms with Gasteiger partial charge in [-0.3, -0.25) is 4.79 Å². The van der Waals surface area contributed by atoms with Gasteiger partial charge in [-0.05, 0) is 6.92 Å². The Hall–Kier alpha value is -1.80. The van der Waals surface area contributed by atoms with E-state index in [-0.39, 0.29) is 4.90 Å². The lowest BCUT2D eigenvalue weighted by molar-refractivity contribution is -0.355. The van der Waals surface area contributed by atoms with Gasteiger partial charge in [-0.15, -0.1) is 0 Å². The summed E-state index contributed by atoms with van der Waals surface area (Å²) >= 11 is 0. The minimum Gasteiger partial charge on any atom is -0.743 e. The van der Waals surface area contributed by atoms with Crippen LogP contribution in [0, 0.1) is 0 Å². The topological polar surface area (TPSA) is 113 Å². The molecule has 8 nitrogen and oxygen atoms in total. The zero-order chi connectivity index (χ0) is 20.4. The molecule has 0 radical (unpaired) electrons. The minimum atomic E-state index is -6.42. The summed E-state index contributed by atoms with van der Waals surface area (Å²) in [6.07, 6.45) is -5.90. The quantitative estimate of drug-likeness (QED) is 0.203. The largest absolute Gasteiger partial charge is 0.743 e. The Morgan fingerprint density at radius 2 is 1.60 bits per heavy atom. The highest BCUT2D eigenvalue weighted by Crippen LogP contribution is 2.38. The molecule has 0 saturated heterocycles. The molecular formula is C11H13F5NO7S-. The molecule has 25 heavy (non-hydrogen) atoms. The number of hydrogen-bond donors (Lipinski definition) is 0. The monoisotopic (exact) mass is 398 g/mol. The molecule has 0 spiro atoms. The summed E-state index contributed by atoms with van der Waals surface area (Å²) in [5, 5.41) is -5.33. The predicted molar refractivity (Wildman–Crippen MR) is 69.0 cm³/mol. The second-order valence-corrected chi connectivity index (χ2v) is 6.37. The molecule has 0 rings (SSSR count). The number of halogens is 5. The Morgan fingerprint density at radius 1 is 1.16 bits per heavy atom. The van der Waals surface area contributed by atoms with E-state index in [4.69, 9.17) is 0 Å². The summed E-state index contributed by atoms with van der Waals surface area (Å²) in [7, 11) is -4.91. The molecule has 0 aromatic rings. The summed E-state index contributed by atoms with van der Waals surface area (Å²) in [4.78, 5) is 23.4. The van der Waals surface area contributed by atoms with Crippen LogP contribution < -0.4 is 0 Å². The van der Waals surface area contributed by atoms with Crippen molar-refractivity contribution in [2.24, 2.45) is 0 Å². The third kappa shape index (κ3) is 5.09. The lowest BCUT2D eigenvalue weighted by Crippen LogP contribution is -2.62. The van der Waals surface area contributed by atoms with Crippen LogP contribution in [0.2, 0.25) is 0 Å². The molecule has 0 heterocycles. The third-order valence-corrected chi connectivity index (χ3v) is 3.30. The van der Waals surface area contributed by atoms with Crippen LogP contribution >= 0.6 is 0 Å². The molecule has 1 atom stereocenters. The molecule has 1 amide bonds. The molecule has 0 saturated carbocycles. The fourth-order valence-electron chi connectivity index (χ4n) is 1.17. The Morgan fingerprint density at radius 3 is 1.88 bits per heavy atom. The van der Waals surface area contributed by atoms with Gasteiger partial charge in [0.25, 0.3) is 0 Å². The maximum Gasteiger partial charge on any atom is 0.466 e. The van der Waals surface area contributed by atoms with E-state index in [9.17, 15) is 44.5 Å². The molecule has 0 fully saturated rings. The molecule has 0 bridgehead atoms. The number of amides is 1. The highest BCUT2D eigenvalue weighted by molar-refractivity contribution is 7.86. The smallest absolute Gasteiger partial charge is 0.466 e. The number of nitrogens with zero attached hydrogens (tertiary/aromatic N) is 1. The van der Waals surface area contributed by atoms with Crippen LogP contribution in [0.1, 0.15) is 6.92 Å². The van der Waals surface area contributed by atoms with Crippen molar-refractivity contribution in [3.05, 3.63) is 12.2 Å². The predicted octanol–water partition coefficient (Wildman–Crippen LogP) is 0.607. The van der Waals surface area contributed by atoms with E-state index >= 15 is 0 Å². The van der Waals surface area contributed by atoms with Gasteiger partial charge in [-0.2, -0.15) is 22.0 Å². The van der Waals surface area contributed by atoms with Crippen molar-refractivity contribution < 1.29 is 54.0 Å². The average Bonchev–Trinajstić information content (AvgIpc) is 2.39. The third-order valence-electron chi connectivity index (χ3n) is 2.46. The van der Waals surface area contributed by atoms with Crippen LogP contribution in [0.25, 0.3) is 0 Å². The van der Waals surface area contributed by atoms with Gasteiger partial charge in [0.1, 0.15) is 6.61 Å². The summed E-state index contributed by atoms with van der Waals surface area (Å²) < 4.78 is 105. The molecule has 0 aliphatic carbocycles. The maximum atomic E-state index is 13.3. The van der Waals surface area contributed by atoms with Gasteiger partial charge >= 0.3 is 29.1 Å².